The van der Waals surface area contributed by atoms with E-state index in [1.165, 1.54) is 11.3 Å². The molecular weight excluding hydrogens is 226 g/mol. The van der Waals surface area contributed by atoms with Crippen molar-refractivity contribution in [1.29, 1.82) is 0 Å². The lowest BCUT2D eigenvalue weighted by molar-refractivity contribution is 0.415. The SMILES string of the molecule is COc1ccc2sc(=S)[nH]c2c1Cl. The Kier molecular flexibility index (Phi) is 2.27. The van der Waals surface area contributed by atoms with Gasteiger partial charge in [0, 0.05) is 0 Å². The predicted octanol–water partition coefficient (Wildman–Crippen LogP) is 3.62. The van der Waals surface area contributed by atoms with E-state index in [0.29, 0.717) is 10.8 Å². The molecule has 0 saturated carbocycles. The van der Waals surface area contributed by atoms with Crippen molar-refractivity contribution >= 4 is 45.4 Å². The molecule has 0 saturated heterocycles. The van der Waals surface area contributed by atoms with Crippen molar-refractivity contribution in [2.75, 3.05) is 7.11 Å². The van der Waals surface area contributed by atoms with Gasteiger partial charge < -0.3 is 9.72 Å². The maximum atomic E-state index is 6.06. The maximum absolute atomic E-state index is 6.06. The fraction of sp³-hybridized carbons (Fsp3) is 0.125. The fourth-order valence-corrected chi connectivity index (χ4v) is 2.59. The van der Waals surface area contributed by atoms with Crippen LogP contribution in [0, 0.1) is 3.95 Å². The lowest BCUT2D eigenvalue weighted by atomic mass is 10.3. The first-order valence-corrected chi connectivity index (χ1v) is 5.18. The molecule has 1 heterocycles. The van der Waals surface area contributed by atoms with Gasteiger partial charge in [-0.1, -0.05) is 11.6 Å². The number of H-pyrrole nitrogens is 1. The molecule has 0 spiro atoms. The summed E-state index contributed by atoms with van der Waals surface area (Å²) in [6.45, 7) is 0. The van der Waals surface area contributed by atoms with E-state index in [2.05, 4.69) is 4.98 Å². The monoisotopic (exact) mass is 231 g/mol. The Balaban J connectivity index is 2.85. The Hall–Kier alpha value is -0.580. The molecule has 2 nitrogen and oxygen atoms in total. The van der Waals surface area contributed by atoms with E-state index in [1.54, 1.807) is 7.11 Å². The lowest BCUT2D eigenvalue weighted by Gasteiger charge is -2.01. The van der Waals surface area contributed by atoms with Gasteiger partial charge in [-0.25, -0.2) is 0 Å². The molecule has 0 aliphatic rings. The highest BCUT2D eigenvalue weighted by Crippen LogP contribution is 2.33. The highest BCUT2D eigenvalue weighted by molar-refractivity contribution is 7.73. The summed E-state index contributed by atoms with van der Waals surface area (Å²) in [5, 5.41) is 0.590. The molecule has 0 amide bonds. The minimum absolute atomic E-state index is 0.590. The molecule has 13 heavy (non-hydrogen) atoms. The first-order chi connectivity index (χ1) is 6.22. The third-order valence-electron chi connectivity index (χ3n) is 1.72. The minimum atomic E-state index is 0.590. The number of fused-ring (bicyclic) bond motifs is 1. The normalized spacial score (nSPS) is 10.6. The number of nitrogens with one attached hydrogen (secondary N) is 1. The van der Waals surface area contributed by atoms with Crippen LogP contribution in [0.15, 0.2) is 12.1 Å². The summed E-state index contributed by atoms with van der Waals surface area (Å²) in [6, 6.07) is 3.78. The van der Waals surface area contributed by atoms with Crippen LogP contribution in [0.1, 0.15) is 0 Å². The van der Waals surface area contributed by atoms with Gasteiger partial charge in [0.2, 0.25) is 0 Å². The van der Waals surface area contributed by atoms with Crippen LogP contribution in [0.2, 0.25) is 5.02 Å². The number of ether oxygens (including phenoxy) is 1. The molecule has 2 aromatic rings. The van der Waals surface area contributed by atoms with Gasteiger partial charge in [0.25, 0.3) is 0 Å². The number of halogens is 1. The van der Waals surface area contributed by atoms with Crippen LogP contribution < -0.4 is 4.74 Å². The van der Waals surface area contributed by atoms with Gasteiger partial charge in [-0.15, -0.1) is 11.3 Å². The second kappa shape index (κ2) is 3.29. The summed E-state index contributed by atoms with van der Waals surface area (Å²) in [5.41, 5.74) is 0.857. The molecule has 0 bridgehead atoms. The quantitative estimate of drug-likeness (QED) is 0.759. The van der Waals surface area contributed by atoms with Crippen molar-refractivity contribution in [1.82, 2.24) is 4.98 Å². The zero-order chi connectivity index (χ0) is 9.42. The van der Waals surface area contributed by atoms with E-state index < -0.39 is 0 Å². The fourth-order valence-electron chi connectivity index (χ4n) is 1.13. The van der Waals surface area contributed by atoms with Gasteiger partial charge in [0.1, 0.15) is 10.8 Å². The number of thiazole rings is 1. The third-order valence-corrected chi connectivity index (χ3v) is 3.29. The van der Waals surface area contributed by atoms with Crippen LogP contribution in [0.25, 0.3) is 10.2 Å². The Morgan fingerprint density at radius 1 is 1.54 bits per heavy atom. The molecule has 0 fully saturated rings. The molecule has 2 rings (SSSR count). The molecule has 0 aliphatic heterocycles. The smallest absolute Gasteiger partial charge is 0.159 e. The van der Waals surface area contributed by atoms with Crippen LogP contribution in [-0.2, 0) is 0 Å². The van der Waals surface area contributed by atoms with E-state index >= 15 is 0 Å². The summed E-state index contributed by atoms with van der Waals surface area (Å²) in [6.07, 6.45) is 0. The molecule has 0 aliphatic carbocycles. The minimum Gasteiger partial charge on any atom is -0.495 e. The maximum Gasteiger partial charge on any atom is 0.159 e. The standard InChI is InChI=1S/C8H6ClNOS2/c1-11-4-2-3-5-7(6(4)9)10-8(12)13-5/h2-3H,1H3,(H,10,12). The number of rotatable bonds is 1. The highest BCUT2D eigenvalue weighted by atomic mass is 35.5. The van der Waals surface area contributed by atoms with E-state index in [1.807, 2.05) is 12.1 Å². The second-order valence-electron chi connectivity index (χ2n) is 2.47. The van der Waals surface area contributed by atoms with Gasteiger partial charge in [-0.3, -0.25) is 0 Å². The Morgan fingerprint density at radius 3 is 3.00 bits per heavy atom. The van der Waals surface area contributed by atoms with Crippen molar-refractivity contribution in [2.45, 2.75) is 0 Å². The van der Waals surface area contributed by atoms with Crippen LogP contribution >= 0.6 is 35.2 Å². The van der Waals surface area contributed by atoms with Crippen molar-refractivity contribution in [2.24, 2.45) is 0 Å². The zero-order valence-electron chi connectivity index (χ0n) is 6.76. The first-order valence-electron chi connectivity index (χ1n) is 3.57. The molecule has 1 aromatic carbocycles. The van der Waals surface area contributed by atoms with E-state index in [4.69, 9.17) is 28.6 Å². The van der Waals surface area contributed by atoms with Crippen LogP contribution in [0.5, 0.6) is 5.75 Å². The molecule has 1 N–H and O–H groups in total. The first kappa shape index (κ1) is 8.99. The Labute approximate surface area is 89.1 Å². The van der Waals surface area contributed by atoms with Gasteiger partial charge in [-0.05, 0) is 24.4 Å². The van der Waals surface area contributed by atoms with Gasteiger partial charge in [0.15, 0.2) is 3.95 Å². The van der Waals surface area contributed by atoms with Crippen molar-refractivity contribution in [3.8, 4) is 5.75 Å². The third kappa shape index (κ3) is 1.45. The lowest BCUT2D eigenvalue weighted by Crippen LogP contribution is -1.83. The zero-order valence-corrected chi connectivity index (χ0v) is 9.15. The highest BCUT2D eigenvalue weighted by Gasteiger charge is 2.07. The van der Waals surface area contributed by atoms with E-state index in [0.717, 1.165) is 14.2 Å². The molecule has 0 atom stereocenters. The Morgan fingerprint density at radius 2 is 2.31 bits per heavy atom. The van der Waals surface area contributed by atoms with Crippen molar-refractivity contribution in [3.63, 3.8) is 0 Å². The van der Waals surface area contributed by atoms with Crippen LogP contribution in [0.4, 0.5) is 0 Å². The predicted molar refractivity (Wildman–Crippen MR) is 58.6 cm³/mol. The van der Waals surface area contributed by atoms with Gasteiger partial charge in [-0.2, -0.15) is 0 Å². The molecule has 0 unspecified atom stereocenters. The summed E-state index contributed by atoms with van der Waals surface area (Å²) in [5.74, 6) is 0.665. The number of hydrogen-bond donors (Lipinski definition) is 1. The molecule has 5 heteroatoms. The average molecular weight is 232 g/mol. The van der Waals surface area contributed by atoms with Crippen molar-refractivity contribution < 1.29 is 4.74 Å². The number of aromatic amines is 1. The summed E-state index contributed by atoms with van der Waals surface area (Å²) in [4.78, 5) is 3.02. The van der Waals surface area contributed by atoms with E-state index in [9.17, 15) is 0 Å². The van der Waals surface area contributed by atoms with E-state index in [-0.39, 0.29) is 0 Å². The largest absolute Gasteiger partial charge is 0.495 e. The molecule has 68 valence electrons. The van der Waals surface area contributed by atoms with Gasteiger partial charge >= 0.3 is 0 Å². The number of aromatic nitrogens is 1. The van der Waals surface area contributed by atoms with Crippen molar-refractivity contribution in [3.05, 3.63) is 21.1 Å². The topological polar surface area (TPSA) is 25.0 Å². The van der Waals surface area contributed by atoms with Crippen LogP contribution in [-0.4, -0.2) is 12.1 Å². The summed E-state index contributed by atoms with van der Waals surface area (Å²) >= 11 is 12.6. The second-order valence-corrected chi connectivity index (χ2v) is 4.57. The molecule has 1 aromatic heterocycles. The average Bonchev–Trinajstić information content (AvgIpc) is 2.47. The Bertz CT molecular complexity index is 502. The molecular formula is C8H6ClNOS2. The number of hydrogen-bond acceptors (Lipinski definition) is 3. The number of benzene rings is 1. The van der Waals surface area contributed by atoms with Crippen LogP contribution in [0.3, 0.4) is 0 Å². The summed E-state index contributed by atoms with van der Waals surface area (Å²) in [7, 11) is 1.59. The number of methoxy groups -OCH3 is 1. The molecule has 0 radical (unpaired) electrons. The summed E-state index contributed by atoms with van der Waals surface area (Å²) < 4.78 is 6.86. The van der Waals surface area contributed by atoms with Gasteiger partial charge in [0.05, 0.1) is 17.3 Å².